The minimum atomic E-state index is -0.466. The van der Waals surface area contributed by atoms with Gasteiger partial charge in [-0.2, -0.15) is 0 Å². The van der Waals surface area contributed by atoms with Gasteiger partial charge in [-0.15, -0.1) is 0 Å². The van der Waals surface area contributed by atoms with Crippen molar-refractivity contribution in [2.45, 2.75) is 31.7 Å². The predicted molar refractivity (Wildman–Crippen MR) is 83.8 cm³/mol. The van der Waals surface area contributed by atoms with Crippen molar-refractivity contribution < 1.29 is 14.3 Å². The Labute approximate surface area is 132 Å². The summed E-state index contributed by atoms with van der Waals surface area (Å²) in [6, 6.07) is 2.81. The summed E-state index contributed by atoms with van der Waals surface area (Å²) in [5.74, 6) is -0.651. The standard InChI is InChI=1S/C15H18FN3O2S/c16-9-7-11(13-12(8-9)17-15(22)18-13)14(21)19(10-3-4-10)5-1-2-6-20/h7-8,10,20H,1-6H2,(H2,17,18,22). The molecule has 1 aromatic heterocycles. The normalized spacial score (nSPS) is 14.5. The number of aromatic nitrogens is 2. The highest BCUT2D eigenvalue weighted by molar-refractivity contribution is 7.71. The Kier molecular flexibility index (Phi) is 4.26. The summed E-state index contributed by atoms with van der Waals surface area (Å²) in [5.41, 5.74) is 1.35. The highest BCUT2D eigenvalue weighted by Gasteiger charge is 2.33. The number of aromatic amines is 2. The van der Waals surface area contributed by atoms with E-state index in [1.807, 2.05) is 0 Å². The molecule has 0 atom stereocenters. The Balaban J connectivity index is 1.94. The molecule has 0 saturated heterocycles. The first-order valence-corrected chi connectivity index (χ1v) is 7.84. The lowest BCUT2D eigenvalue weighted by Crippen LogP contribution is -2.34. The minimum absolute atomic E-state index is 0.113. The first-order chi connectivity index (χ1) is 10.6. The molecule has 0 aliphatic heterocycles. The number of imidazole rings is 1. The summed E-state index contributed by atoms with van der Waals surface area (Å²) in [5, 5.41) is 8.90. The number of carbonyl (C=O) groups is 1. The number of rotatable bonds is 6. The van der Waals surface area contributed by atoms with Crippen molar-refractivity contribution in [3.8, 4) is 0 Å². The van der Waals surface area contributed by atoms with E-state index in [1.165, 1.54) is 12.1 Å². The lowest BCUT2D eigenvalue weighted by Gasteiger charge is -2.22. The van der Waals surface area contributed by atoms with Gasteiger partial charge in [-0.1, -0.05) is 0 Å². The molecule has 2 aromatic rings. The van der Waals surface area contributed by atoms with Crippen molar-refractivity contribution in [2.75, 3.05) is 13.2 Å². The molecular formula is C15H18FN3O2S. The van der Waals surface area contributed by atoms with E-state index in [2.05, 4.69) is 9.97 Å². The lowest BCUT2D eigenvalue weighted by molar-refractivity contribution is 0.0738. The fourth-order valence-corrected chi connectivity index (χ4v) is 2.87. The molecule has 3 N–H and O–H groups in total. The molecule has 1 fully saturated rings. The van der Waals surface area contributed by atoms with Crippen LogP contribution in [0.3, 0.4) is 0 Å². The van der Waals surface area contributed by atoms with Gasteiger partial charge >= 0.3 is 0 Å². The Bertz CT molecular complexity index is 751. The summed E-state index contributed by atoms with van der Waals surface area (Å²) in [6.07, 6.45) is 3.35. The van der Waals surface area contributed by atoms with E-state index in [0.29, 0.717) is 34.3 Å². The van der Waals surface area contributed by atoms with Gasteiger partial charge in [0.15, 0.2) is 4.77 Å². The molecule has 5 nitrogen and oxygen atoms in total. The molecule has 0 unspecified atom stereocenters. The van der Waals surface area contributed by atoms with Crippen molar-refractivity contribution in [1.29, 1.82) is 0 Å². The van der Waals surface area contributed by atoms with Gasteiger partial charge in [-0.25, -0.2) is 4.39 Å². The zero-order valence-corrected chi connectivity index (χ0v) is 12.9. The summed E-state index contributed by atoms with van der Waals surface area (Å²) in [4.78, 5) is 20.4. The summed E-state index contributed by atoms with van der Waals surface area (Å²) in [6.45, 7) is 0.690. The van der Waals surface area contributed by atoms with Crippen LogP contribution in [0.2, 0.25) is 0 Å². The SMILES string of the molecule is O=C(c1cc(F)cc2[nH]c(=S)[nH]c12)N(CCCCO)C1CC1. The van der Waals surface area contributed by atoms with Crippen LogP contribution in [0.15, 0.2) is 12.1 Å². The topological polar surface area (TPSA) is 72.1 Å². The van der Waals surface area contributed by atoms with Gasteiger partial charge in [-0.05, 0) is 50.0 Å². The van der Waals surface area contributed by atoms with E-state index in [1.54, 1.807) is 4.90 Å². The van der Waals surface area contributed by atoms with Crippen molar-refractivity contribution in [2.24, 2.45) is 0 Å². The number of unbranched alkanes of at least 4 members (excludes halogenated alkanes) is 1. The van der Waals surface area contributed by atoms with Crippen LogP contribution in [-0.2, 0) is 0 Å². The number of fused-ring (bicyclic) bond motifs is 1. The van der Waals surface area contributed by atoms with Crippen LogP contribution in [0.25, 0.3) is 11.0 Å². The fraction of sp³-hybridized carbons (Fsp3) is 0.467. The molecule has 0 bridgehead atoms. The summed E-state index contributed by atoms with van der Waals surface area (Å²) < 4.78 is 14.2. The number of carbonyl (C=O) groups excluding carboxylic acids is 1. The maximum absolute atomic E-state index is 13.8. The Morgan fingerprint density at radius 3 is 2.82 bits per heavy atom. The molecule has 22 heavy (non-hydrogen) atoms. The summed E-state index contributed by atoms with van der Waals surface area (Å²) in [7, 11) is 0. The van der Waals surface area contributed by atoms with Gasteiger partial charge in [0.05, 0.1) is 16.6 Å². The molecule has 7 heteroatoms. The maximum Gasteiger partial charge on any atom is 0.256 e. The molecular weight excluding hydrogens is 305 g/mol. The molecule has 1 aliphatic carbocycles. The second kappa shape index (κ2) is 6.18. The van der Waals surface area contributed by atoms with Crippen LogP contribution in [0, 0.1) is 10.6 Å². The number of benzene rings is 1. The Morgan fingerprint density at radius 1 is 1.36 bits per heavy atom. The van der Waals surface area contributed by atoms with Gasteiger partial charge in [-0.3, -0.25) is 4.79 Å². The van der Waals surface area contributed by atoms with E-state index in [-0.39, 0.29) is 18.6 Å². The van der Waals surface area contributed by atoms with Crippen LogP contribution in [0.4, 0.5) is 4.39 Å². The number of aliphatic hydroxyl groups excluding tert-OH is 1. The van der Waals surface area contributed by atoms with E-state index < -0.39 is 5.82 Å². The van der Waals surface area contributed by atoms with Gasteiger partial charge < -0.3 is 20.0 Å². The third-order valence-corrected chi connectivity index (χ3v) is 4.08. The van der Waals surface area contributed by atoms with Gasteiger partial charge in [0.25, 0.3) is 5.91 Å². The second-order valence-corrected chi connectivity index (χ2v) is 6.02. The number of nitrogens with one attached hydrogen (secondary N) is 2. The van der Waals surface area contributed by atoms with Gasteiger partial charge in [0.2, 0.25) is 0 Å². The number of halogens is 1. The molecule has 3 rings (SSSR count). The molecule has 118 valence electrons. The van der Waals surface area contributed by atoms with Crippen LogP contribution >= 0.6 is 12.2 Å². The molecule has 0 spiro atoms. The monoisotopic (exact) mass is 323 g/mol. The van der Waals surface area contributed by atoms with Crippen molar-refractivity contribution in [3.05, 3.63) is 28.3 Å². The molecule has 1 aromatic carbocycles. The van der Waals surface area contributed by atoms with Gasteiger partial charge in [0.1, 0.15) is 5.82 Å². The van der Waals surface area contributed by atoms with E-state index in [4.69, 9.17) is 17.3 Å². The van der Waals surface area contributed by atoms with Crippen LogP contribution in [0.1, 0.15) is 36.0 Å². The third kappa shape index (κ3) is 3.05. The Morgan fingerprint density at radius 2 is 2.14 bits per heavy atom. The largest absolute Gasteiger partial charge is 0.396 e. The highest BCUT2D eigenvalue weighted by Crippen LogP contribution is 2.30. The average molecular weight is 323 g/mol. The van der Waals surface area contributed by atoms with Crippen molar-refractivity contribution in [3.63, 3.8) is 0 Å². The molecule has 1 aliphatic rings. The second-order valence-electron chi connectivity index (χ2n) is 5.62. The van der Waals surface area contributed by atoms with Crippen LogP contribution < -0.4 is 0 Å². The molecule has 1 saturated carbocycles. The van der Waals surface area contributed by atoms with Gasteiger partial charge in [0, 0.05) is 19.2 Å². The summed E-state index contributed by atoms with van der Waals surface area (Å²) >= 11 is 5.03. The number of aliphatic hydroxyl groups is 1. The molecule has 1 amide bonds. The van der Waals surface area contributed by atoms with Crippen molar-refractivity contribution in [1.82, 2.24) is 14.9 Å². The van der Waals surface area contributed by atoms with E-state index in [9.17, 15) is 9.18 Å². The third-order valence-electron chi connectivity index (χ3n) is 3.88. The molecule has 1 heterocycles. The average Bonchev–Trinajstić information content (AvgIpc) is 3.24. The van der Waals surface area contributed by atoms with E-state index >= 15 is 0 Å². The smallest absolute Gasteiger partial charge is 0.256 e. The van der Waals surface area contributed by atoms with Crippen LogP contribution in [0.5, 0.6) is 0 Å². The Hall–Kier alpha value is -1.73. The molecule has 0 radical (unpaired) electrons. The first-order valence-electron chi connectivity index (χ1n) is 7.43. The minimum Gasteiger partial charge on any atom is -0.396 e. The number of H-pyrrole nitrogens is 2. The highest BCUT2D eigenvalue weighted by atomic mass is 32.1. The number of nitrogens with zero attached hydrogens (tertiary/aromatic N) is 1. The van der Waals surface area contributed by atoms with E-state index in [0.717, 1.165) is 19.3 Å². The quantitative estimate of drug-likeness (QED) is 0.565. The zero-order valence-electron chi connectivity index (χ0n) is 12.1. The lowest BCUT2D eigenvalue weighted by atomic mass is 10.1. The predicted octanol–water partition coefficient (Wildman–Crippen LogP) is 2.74. The number of hydrogen-bond donors (Lipinski definition) is 3. The van der Waals surface area contributed by atoms with Crippen molar-refractivity contribution >= 4 is 29.2 Å². The first kappa shape index (κ1) is 15.2. The fourth-order valence-electron chi connectivity index (χ4n) is 2.66. The maximum atomic E-state index is 13.8. The number of hydrogen-bond acceptors (Lipinski definition) is 3. The number of amides is 1. The zero-order chi connectivity index (χ0) is 15.7. The van der Waals surface area contributed by atoms with Crippen LogP contribution in [-0.4, -0.2) is 45.1 Å².